The first-order chi connectivity index (χ1) is 21.2. The monoisotopic (exact) mass is 778 g/mol. The molecule has 13 heteroatoms. The van der Waals surface area contributed by atoms with Crippen molar-refractivity contribution in [3.05, 3.63) is 96.7 Å². The predicted octanol–water partition coefficient (Wildman–Crippen LogP) is 5.15. The number of aliphatic hydroxyl groups excluding tert-OH is 1. The van der Waals surface area contributed by atoms with Crippen molar-refractivity contribution in [2.24, 2.45) is 5.10 Å². The average molecular weight is 779 g/mol. The van der Waals surface area contributed by atoms with Crippen molar-refractivity contribution in [2.75, 3.05) is 20.3 Å². The van der Waals surface area contributed by atoms with Gasteiger partial charge in [0.25, 0.3) is 0 Å². The standard InChI is InChI=1S/C31H32BrIN4O7/c1-4-42-25-13-20(28-27(30(39)41-3)18(2)35-31(40)36-28)10-11-24(25)43-17-26(38)37-34-15-21-12-22(32)14-23(33)29(21)44-16-19-8-6-5-7-9-19/h5-15,26,28,37-38H,4,16-17H2,1-3H3,(H2,35,36,40)/b34-15+/t26-,28+/m0/s1. The van der Waals surface area contributed by atoms with Gasteiger partial charge in [-0.05, 0) is 71.8 Å². The molecule has 4 N–H and O–H groups in total. The lowest BCUT2D eigenvalue weighted by molar-refractivity contribution is -0.136. The first kappa shape index (κ1) is 33.1. The highest BCUT2D eigenvalue weighted by Crippen LogP contribution is 2.35. The Morgan fingerprint density at radius 1 is 1.14 bits per heavy atom. The summed E-state index contributed by atoms with van der Waals surface area (Å²) in [6.07, 6.45) is 0.416. The molecule has 1 aliphatic heterocycles. The van der Waals surface area contributed by atoms with Crippen molar-refractivity contribution in [3.63, 3.8) is 0 Å². The fraction of sp³-hybridized carbons (Fsp3) is 0.258. The molecule has 0 saturated carbocycles. The maximum absolute atomic E-state index is 12.5. The largest absolute Gasteiger partial charge is 0.490 e. The Hall–Kier alpha value is -3.82. The van der Waals surface area contributed by atoms with Gasteiger partial charge in [0.2, 0.25) is 0 Å². The molecule has 2 amide bonds. The molecule has 3 aromatic carbocycles. The maximum Gasteiger partial charge on any atom is 0.337 e. The summed E-state index contributed by atoms with van der Waals surface area (Å²) in [5, 5.41) is 20.1. The van der Waals surface area contributed by atoms with Gasteiger partial charge in [-0.1, -0.05) is 52.3 Å². The molecule has 0 aliphatic carbocycles. The number of hydrazone groups is 1. The van der Waals surface area contributed by atoms with Crippen LogP contribution in [0, 0.1) is 3.57 Å². The van der Waals surface area contributed by atoms with Crippen LogP contribution in [0.4, 0.5) is 4.79 Å². The number of carbonyl (C=O) groups excluding carboxylic acids is 2. The van der Waals surface area contributed by atoms with Crippen LogP contribution in [0.15, 0.2) is 81.5 Å². The fourth-order valence-corrected chi connectivity index (χ4v) is 6.08. The van der Waals surface area contributed by atoms with E-state index >= 15 is 0 Å². The molecule has 4 rings (SSSR count). The number of hydrogen-bond acceptors (Lipinski definition) is 9. The molecule has 232 valence electrons. The number of benzene rings is 3. The molecule has 0 bridgehead atoms. The van der Waals surface area contributed by atoms with Crippen LogP contribution in [0.25, 0.3) is 0 Å². The maximum atomic E-state index is 12.5. The number of rotatable bonds is 13. The Labute approximate surface area is 277 Å². The molecular weight excluding hydrogens is 747 g/mol. The van der Waals surface area contributed by atoms with Crippen LogP contribution in [-0.2, 0) is 16.1 Å². The quantitative estimate of drug-likeness (QED) is 0.0615. The van der Waals surface area contributed by atoms with Crippen LogP contribution < -0.4 is 30.3 Å². The first-order valence-corrected chi connectivity index (χ1v) is 15.5. The number of hydrogen-bond donors (Lipinski definition) is 4. The first-order valence-electron chi connectivity index (χ1n) is 13.6. The SMILES string of the molecule is CCOc1cc([C@H]2NC(=O)NC(C)=C2C(=O)OC)ccc1OC[C@H](O)N/N=C/c1cc(Br)cc(I)c1OCc1ccccc1. The number of amides is 2. The Morgan fingerprint density at radius 3 is 2.64 bits per heavy atom. The molecule has 3 aromatic rings. The summed E-state index contributed by atoms with van der Waals surface area (Å²) in [6, 6.07) is 17.5. The molecule has 0 spiro atoms. The number of ether oxygens (including phenoxy) is 4. The van der Waals surface area contributed by atoms with Gasteiger partial charge >= 0.3 is 12.0 Å². The van der Waals surface area contributed by atoms with Crippen molar-refractivity contribution in [3.8, 4) is 17.2 Å². The topological polar surface area (TPSA) is 140 Å². The van der Waals surface area contributed by atoms with E-state index in [1.807, 2.05) is 49.4 Å². The van der Waals surface area contributed by atoms with Gasteiger partial charge in [0.05, 0.1) is 35.1 Å². The zero-order chi connectivity index (χ0) is 31.6. The number of aliphatic hydroxyl groups is 1. The summed E-state index contributed by atoms with van der Waals surface area (Å²) >= 11 is 5.72. The van der Waals surface area contributed by atoms with Crippen LogP contribution in [0.5, 0.6) is 17.2 Å². The average Bonchev–Trinajstić information content (AvgIpc) is 3.00. The molecule has 0 saturated heterocycles. The van der Waals surface area contributed by atoms with Crippen molar-refractivity contribution >= 4 is 56.7 Å². The molecule has 0 unspecified atom stereocenters. The highest BCUT2D eigenvalue weighted by Gasteiger charge is 2.32. The number of urea groups is 1. The van der Waals surface area contributed by atoms with E-state index < -0.39 is 24.3 Å². The van der Waals surface area contributed by atoms with Crippen molar-refractivity contribution < 1.29 is 33.6 Å². The lowest BCUT2D eigenvalue weighted by Crippen LogP contribution is -2.45. The second-order valence-electron chi connectivity index (χ2n) is 9.50. The van der Waals surface area contributed by atoms with Crippen molar-refractivity contribution in [1.29, 1.82) is 0 Å². The lowest BCUT2D eigenvalue weighted by atomic mass is 9.95. The van der Waals surface area contributed by atoms with Gasteiger partial charge in [0.15, 0.2) is 17.7 Å². The molecule has 0 radical (unpaired) electrons. The van der Waals surface area contributed by atoms with E-state index in [1.165, 1.54) is 7.11 Å². The third-order valence-corrected chi connectivity index (χ3v) is 7.62. The molecule has 0 fully saturated rings. The van der Waals surface area contributed by atoms with Crippen LogP contribution >= 0.6 is 38.5 Å². The highest BCUT2D eigenvalue weighted by atomic mass is 127. The number of nitrogens with zero attached hydrogens (tertiary/aromatic N) is 1. The van der Waals surface area contributed by atoms with Crippen LogP contribution in [0.3, 0.4) is 0 Å². The Morgan fingerprint density at radius 2 is 1.91 bits per heavy atom. The van der Waals surface area contributed by atoms with Gasteiger partial charge < -0.3 is 34.7 Å². The van der Waals surface area contributed by atoms with Gasteiger partial charge in [0, 0.05) is 15.7 Å². The minimum atomic E-state index is -1.15. The molecule has 1 aliphatic rings. The number of halogens is 2. The third-order valence-electron chi connectivity index (χ3n) is 6.36. The normalized spacial score (nSPS) is 15.3. The molecular formula is C31H32BrIN4O7. The number of esters is 1. The number of nitrogens with one attached hydrogen (secondary N) is 3. The predicted molar refractivity (Wildman–Crippen MR) is 177 cm³/mol. The summed E-state index contributed by atoms with van der Waals surface area (Å²) in [4.78, 5) is 24.6. The summed E-state index contributed by atoms with van der Waals surface area (Å²) < 4.78 is 24.4. The Bertz CT molecular complexity index is 1550. The van der Waals surface area contributed by atoms with Crippen LogP contribution in [0.2, 0.25) is 0 Å². The Balaban J connectivity index is 1.42. The summed E-state index contributed by atoms with van der Waals surface area (Å²) in [5.41, 5.74) is 5.68. The number of allylic oxidation sites excluding steroid dienone is 1. The minimum Gasteiger partial charge on any atom is -0.490 e. The third kappa shape index (κ3) is 8.64. The van der Waals surface area contributed by atoms with Crippen LogP contribution in [-0.4, -0.2) is 49.9 Å². The summed E-state index contributed by atoms with van der Waals surface area (Å²) in [6.45, 7) is 4.03. The Kier molecular flexibility index (Phi) is 11.9. The zero-order valence-electron chi connectivity index (χ0n) is 24.2. The number of carbonyl (C=O) groups is 2. The number of methoxy groups -OCH3 is 1. The lowest BCUT2D eigenvalue weighted by Gasteiger charge is -2.28. The summed E-state index contributed by atoms with van der Waals surface area (Å²) in [5.74, 6) is 0.833. The molecule has 1 heterocycles. The molecule has 44 heavy (non-hydrogen) atoms. The minimum absolute atomic E-state index is 0.152. The van der Waals surface area contributed by atoms with Gasteiger partial charge in [-0.25, -0.2) is 9.59 Å². The van der Waals surface area contributed by atoms with Crippen molar-refractivity contribution in [2.45, 2.75) is 32.7 Å². The van der Waals surface area contributed by atoms with Gasteiger partial charge in [0.1, 0.15) is 19.0 Å². The van der Waals surface area contributed by atoms with E-state index in [2.05, 4.69) is 59.7 Å². The van der Waals surface area contributed by atoms with Gasteiger partial charge in [-0.15, -0.1) is 0 Å². The zero-order valence-corrected chi connectivity index (χ0v) is 28.0. The van der Waals surface area contributed by atoms with E-state index in [1.54, 1.807) is 31.3 Å². The van der Waals surface area contributed by atoms with E-state index in [0.717, 1.165) is 19.2 Å². The van der Waals surface area contributed by atoms with E-state index in [4.69, 9.17) is 18.9 Å². The molecule has 0 aromatic heterocycles. The van der Waals surface area contributed by atoms with E-state index in [9.17, 15) is 14.7 Å². The molecule has 2 atom stereocenters. The van der Waals surface area contributed by atoms with E-state index in [-0.39, 0.29) is 12.2 Å². The van der Waals surface area contributed by atoms with Gasteiger partial charge in [-0.3, -0.25) is 5.43 Å². The van der Waals surface area contributed by atoms with E-state index in [0.29, 0.717) is 41.7 Å². The van der Waals surface area contributed by atoms with Gasteiger partial charge in [-0.2, -0.15) is 5.10 Å². The van der Waals surface area contributed by atoms with Crippen molar-refractivity contribution in [1.82, 2.24) is 16.1 Å². The second kappa shape index (κ2) is 15.8. The molecule has 11 nitrogen and oxygen atoms in total. The second-order valence-corrected chi connectivity index (χ2v) is 11.6. The highest BCUT2D eigenvalue weighted by molar-refractivity contribution is 14.1. The van der Waals surface area contributed by atoms with Crippen LogP contribution in [0.1, 0.15) is 36.6 Å². The summed E-state index contributed by atoms with van der Waals surface area (Å²) in [7, 11) is 1.28. The fourth-order valence-electron chi connectivity index (χ4n) is 4.37. The smallest absolute Gasteiger partial charge is 0.337 e.